The van der Waals surface area contributed by atoms with Gasteiger partial charge in [0, 0.05) is 32.1 Å². The van der Waals surface area contributed by atoms with Crippen LogP contribution in [-0.4, -0.2) is 102 Å². The van der Waals surface area contributed by atoms with Crippen molar-refractivity contribution in [2.75, 3.05) is 58.9 Å². The average molecular weight is 359 g/mol. The Balaban J connectivity index is 4.70. The number of nitrogens with zero attached hydrogens (tertiary/aromatic N) is 3. The van der Waals surface area contributed by atoms with Gasteiger partial charge in [0.1, 0.15) is 5.78 Å². The summed E-state index contributed by atoms with van der Waals surface area (Å²) in [6, 6.07) is 0. The molecular weight excluding hydrogens is 326 g/mol. The number of hydrogen-bond donors (Lipinski definition) is 2. The van der Waals surface area contributed by atoms with E-state index in [1.54, 1.807) is 0 Å². The average Bonchev–Trinajstić information content (AvgIpc) is 2.53. The number of likely N-dealkylation sites (N-methyl/N-ethyl adjacent to an activating group) is 2. The molecule has 0 saturated heterocycles. The van der Waals surface area contributed by atoms with Gasteiger partial charge >= 0.3 is 11.9 Å². The molecule has 2 N–H and O–H groups in total. The number of carboxylic acids is 2. The Morgan fingerprint density at radius 2 is 1.08 bits per heavy atom. The van der Waals surface area contributed by atoms with Gasteiger partial charge < -0.3 is 10.2 Å². The van der Waals surface area contributed by atoms with E-state index >= 15 is 0 Å². The van der Waals surface area contributed by atoms with Crippen LogP contribution in [0.2, 0.25) is 0 Å². The molecule has 8 nitrogen and oxygen atoms in total. The molecule has 0 saturated carbocycles. The van der Waals surface area contributed by atoms with E-state index in [1.807, 2.05) is 42.4 Å². The molecule has 0 aromatic heterocycles. The minimum Gasteiger partial charge on any atom is -0.480 e. The standard InChI is InChI=1S/C17H33N3O5/c1-5-18(12-16(22)23)7-9-20(11-15(21)14(3)4)10-8-19(6-2)13-17(24)25/h14H,5-13H2,1-4H3,(H,22,23)(H,24,25). The SMILES string of the molecule is CCN(CCN(CCN(CC)CC(=O)O)CC(=O)C(C)C)CC(=O)O. The van der Waals surface area contributed by atoms with Crippen molar-refractivity contribution < 1.29 is 24.6 Å². The maximum absolute atomic E-state index is 12.1. The van der Waals surface area contributed by atoms with Gasteiger partial charge in [-0.3, -0.25) is 29.1 Å². The highest BCUT2D eigenvalue weighted by Gasteiger charge is 2.17. The highest BCUT2D eigenvalue weighted by Crippen LogP contribution is 2.01. The molecule has 0 unspecified atom stereocenters. The summed E-state index contributed by atoms with van der Waals surface area (Å²) in [6.07, 6.45) is 0. The maximum Gasteiger partial charge on any atom is 0.317 e. The van der Waals surface area contributed by atoms with Crippen molar-refractivity contribution in [3.8, 4) is 0 Å². The van der Waals surface area contributed by atoms with Crippen LogP contribution in [0.3, 0.4) is 0 Å². The summed E-state index contributed by atoms with van der Waals surface area (Å²) in [5.41, 5.74) is 0. The summed E-state index contributed by atoms with van der Waals surface area (Å²) in [7, 11) is 0. The van der Waals surface area contributed by atoms with Crippen LogP contribution < -0.4 is 0 Å². The number of carbonyl (C=O) groups is 3. The Labute approximate surface area is 150 Å². The number of hydrogen-bond acceptors (Lipinski definition) is 6. The van der Waals surface area contributed by atoms with Crippen LogP contribution in [0.15, 0.2) is 0 Å². The highest BCUT2D eigenvalue weighted by atomic mass is 16.4. The van der Waals surface area contributed by atoms with Crippen molar-refractivity contribution >= 4 is 17.7 Å². The molecule has 0 spiro atoms. The van der Waals surface area contributed by atoms with Crippen LogP contribution in [0.4, 0.5) is 0 Å². The molecule has 25 heavy (non-hydrogen) atoms. The first kappa shape index (κ1) is 23.5. The van der Waals surface area contributed by atoms with Crippen LogP contribution in [-0.2, 0) is 14.4 Å². The van der Waals surface area contributed by atoms with Crippen LogP contribution in [0.25, 0.3) is 0 Å². The van der Waals surface area contributed by atoms with Crippen molar-refractivity contribution in [3.05, 3.63) is 0 Å². The van der Waals surface area contributed by atoms with E-state index in [9.17, 15) is 14.4 Å². The molecule has 0 fully saturated rings. The first-order valence-corrected chi connectivity index (χ1v) is 8.82. The lowest BCUT2D eigenvalue weighted by Gasteiger charge is -2.28. The number of Topliss-reactive ketones (excluding diaryl/α,β-unsaturated/α-hetero) is 1. The van der Waals surface area contributed by atoms with E-state index in [0.717, 1.165) is 0 Å². The second kappa shape index (κ2) is 12.8. The fourth-order valence-corrected chi connectivity index (χ4v) is 2.32. The van der Waals surface area contributed by atoms with E-state index in [1.165, 1.54) is 0 Å². The van der Waals surface area contributed by atoms with Crippen molar-refractivity contribution in [2.24, 2.45) is 5.92 Å². The van der Waals surface area contributed by atoms with Gasteiger partial charge in [-0.25, -0.2) is 0 Å². The van der Waals surface area contributed by atoms with Crippen molar-refractivity contribution in [1.29, 1.82) is 0 Å². The predicted molar refractivity (Wildman–Crippen MR) is 95.8 cm³/mol. The zero-order valence-electron chi connectivity index (χ0n) is 15.9. The third-order valence-electron chi connectivity index (χ3n) is 4.10. The molecular formula is C17H33N3O5. The number of rotatable bonds is 15. The third-order valence-corrected chi connectivity index (χ3v) is 4.10. The van der Waals surface area contributed by atoms with Crippen molar-refractivity contribution in [1.82, 2.24) is 14.7 Å². The summed E-state index contributed by atoms with van der Waals surface area (Å²) in [4.78, 5) is 39.4. The molecule has 0 aromatic rings. The van der Waals surface area contributed by atoms with E-state index in [-0.39, 0.29) is 24.8 Å². The lowest BCUT2D eigenvalue weighted by atomic mass is 10.1. The van der Waals surface area contributed by atoms with Gasteiger partial charge in [-0.1, -0.05) is 27.7 Å². The fraction of sp³-hybridized carbons (Fsp3) is 0.824. The molecule has 0 atom stereocenters. The first-order chi connectivity index (χ1) is 11.7. The van der Waals surface area contributed by atoms with Gasteiger partial charge in [-0.05, 0) is 13.1 Å². The Morgan fingerprint density at radius 3 is 1.36 bits per heavy atom. The zero-order chi connectivity index (χ0) is 19.4. The van der Waals surface area contributed by atoms with Gasteiger partial charge in [0.2, 0.25) is 0 Å². The topological polar surface area (TPSA) is 101 Å². The second-order valence-electron chi connectivity index (χ2n) is 6.42. The molecule has 0 aliphatic carbocycles. The minimum absolute atomic E-state index is 0.0252. The Morgan fingerprint density at radius 1 is 0.720 bits per heavy atom. The largest absolute Gasteiger partial charge is 0.480 e. The van der Waals surface area contributed by atoms with Crippen LogP contribution >= 0.6 is 0 Å². The molecule has 0 radical (unpaired) electrons. The summed E-state index contributed by atoms with van der Waals surface area (Å²) in [5, 5.41) is 17.8. The third kappa shape index (κ3) is 11.6. The maximum atomic E-state index is 12.1. The van der Waals surface area contributed by atoms with Crippen molar-refractivity contribution in [3.63, 3.8) is 0 Å². The molecule has 0 aliphatic rings. The lowest BCUT2D eigenvalue weighted by molar-refractivity contribution is -0.139. The molecule has 0 aliphatic heterocycles. The normalized spacial score (nSPS) is 11.7. The summed E-state index contributed by atoms with van der Waals surface area (Å²) in [6.45, 7) is 11.3. The Bertz CT molecular complexity index is 401. The predicted octanol–water partition coefficient (Wildman–Crippen LogP) is 0.327. The Hall–Kier alpha value is -1.51. The second-order valence-corrected chi connectivity index (χ2v) is 6.42. The molecule has 146 valence electrons. The fourth-order valence-electron chi connectivity index (χ4n) is 2.32. The highest BCUT2D eigenvalue weighted by molar-refractivity contribution is 5.82. The van der Waals surface area contributed by atoms with Crippen LogP contribution in [0.5, 0.6) is 0 Å². The molecule has 0 aromatic carbocycles. The smallest absolute Gasteiger partial charge is 0.317 e. The van der Waals surface area contributed by atoms with Gasteiger partial charge in [0.05, 0.1) is 19.6 Å². The summed E-state index contributed by atoms with van der Waals surface area (Å²) < 4.78 is 0. The summed E-state index contributed by atoms with van der Waals surface area (Å²) >= 11 is 0. The monoisotopic (exact) mass is 359 g/mol. The van der Waals surface area contributed by atoms with Crippen LogP contribution in [0, 0.1) is 5.92 Å². The van der Waals surface area contributed by atoms with Gasteiger partial charge in [-0.2, -0.15) is 0 Å². The quantitative estimate of drug-likeness (QED) is 0.431. The van der Waals surface area contributed by atoms with E-state index < -0.39 is 11.9 Å². The van der Waals surface area contributed by atoms with Gasteiger partial charge in [-0.15, -0.1) is 0 Å². The molecule has 0 bridgehead atoms. The van der Waals surface area contributed by atoms with Crippen LogP contribution in [0.1, 0.15) is 27.7 Å². The zero-order valence-corrected chi connectivity index (χ0v) is 15.9. The van der Waals surface area contributed by atoms with E-state index in [2.05, 4.69) is 0 Å². The Kier molecular flexibility index (Phi) is 12.0. The van der Waals surface area contributed by atoms with Crippen molar-refractivity contribution in [2.45, 2.75) is 27.7 Å². The molecule has 0 heterocycles. The molecule has 0 amide bonds. The number of aliphatic carboxylic acids is 2. The molecule has 8 heteroatoms. The first-order valence-electron chi connectivity index (χ1n) is 8.82. The van der Waals surface area contributed by atoms with Gasteiger partial charge in [0.15, 0.2) is 0 Å². The minimum atomic E-state index is -0.870. The van der Waals surface area contributed by atoms with E-state index in [4.69, 9.17) is 10.2 Å². The number of carbonyl (C=O) groups excluding carboxylic acids is 1. The van der Waals surface area contributed by atoms with Gasteiger partial charge in [0.25, 0.3) is 0 Å². The lowest BCUT2D eigenvalue weighted by Crippen LogP contribution is -2.44. The number of carboxylic acid groups (broad SMARTS) is 2. The molecule has 0 rings (SSSR count). The van der Waals surface area contributed by atoms with E-state index in [0.29, 0.717) is 45.8 Å². The number of ketones is 1. The summed E-state index contributed by atoms with van der Waals surface area (Å²) in [5.74, 6) is -1.68.